The van der Waals surface area contributed by atoms with Crippen molar-refractivity contribution in [3.63, 3.8) is 0 Å². The maximum atomic E-state index is 12.1. The second-order valence-corrected chi connectivity index (χ2v) is 7.98. The molecule has 176 valence electrons. The topological polar surface area (TPSA) is 199 Å². The van der Waals surface area contributed by atoms with Gasteiger partial charge in [0, 0.05) is 19.0 Å². The van der Waals surface area contributed by atoms with Crippen LogP contribution in [0.4, 0.5) is 11.6 Å². The van der Waals surface area contributed by atoms with E-state index in [1.807, 2.05) is 0 Å². The number of aromatic nitrogens is 6. The molecule has 0 unspecified atom stereocenters. The molecule has 2 saturated heterocycles. The van der Waals surface area contributed by atoms with Gasteiger partial charge in [-0.15, -0.1) is 0 Å². The lowest BCUT2D eigenvalue weighted by Gasteiger charge is -2.21. The zero-order chi connectivity index (χ0) is 23.1. The number of aliphatic hydroxyl groups excluding tert-OH is 2. The highest BCUT2D eigenvalue weighted by Crippen LogP contribution is 2.34. The average molecular weight is 460 g/mol. The molecule has 0 aliphatic carbocycles. The molecule has 0 amide bonds. The molecular formula is C19H24N8O6. The Morgan fingerprint density at radius 1 is 1.12 bits per heavy atom. The number of hydrogen-bond acceptors (Lipinski definition) is 12. The molecule has 5 rings (SSSR count). The number of anilines is 2. The maximum absolute atomic E-state index is 12.1. The van der Waals surface area contributed by atoms with Crippen molar-refractivity contribution >= 4 is 22.8 Å². The van der Waals surface area contributed by atoms with E-state index in [4.69, 9.17) is 25.7 Å². The van der Waals surface area contributed by atoms with E-state index in [0.717, 1.165) is 0 Å². The van der Waals surface area contributed by atoms with Crippen LogP contribution in [-0.2, 0) is 14.2 Å². The molecule has 6 N–H and O–H groups in total. The van der Waals surface area contributed by atoms with Crippen molar-refractivity contribution in [1.29, 1.82) is 0 Å². The van der Waals surface area contributed by atoms with Crippen LogP contribution in [0.25, 0.3) is 11.2 Å². The monoisotopic (exact) mass is 460 g/mol. The molecule has 2 aliphatic heterocycles. The summed E-state index contributed by atoms with van der Waals surface area (Å²) < 4.78 is 20.7. The smallest absolute Gasteiger partial charge is 0.351 e. The third kappa shape index (κ3) is 4.02. The highest BCUT2D eigenvalue weighted by molar-refractivity contribution is 5.81. The molecule has 2 aliphatic rings. The van der Waals surface area contributed by atoms with Crippen LogP contribution >= 0.6 is 0 Å². The fraction of sp³-hybridized carbons (Fsp3) is 0.526. The van der Waals surface area contributed by atoms with Crippen LogP contribution in [0.1, 0.15) is 25.3 Å². The molecule has 14 heteroatoms. The van der Waals surface area contributed by atoms with Gasteiger partial charge in [0.25, 0.3) is 0 Å². The van der Waals surface area contributed by atoms with Gasteiger partial charge >= 0.3 is 5.69 Å². The Balaban J connectivity index is 1.24. The van der Waals surface area contributed by atoms with Crippen molar-refractivity contribution < 1.29 is 24.4 Å². The molecule has 0 saturated carbocycles. The van der Waals surface area contributed by atoms with E-state index in [9.17, 15) is 15.0 Å². The summed E-state index contributed by atoms with van der Waals surface area (Å²) in [4.78, 5) is 28.2. The third-order valence-electron chi connectivity index (χ3n) is 5.90. The molecule has 2 fully saturated rings. The van der Waals surface area contributed by atoms with Crippen LogP contribution in [0, 0.1) is 0 Å². The van der Waals surface area contributed by atoms with Crippen molar-refractivity contribution in [2.75, 3.05) is 24.7 Å². The van der Waals surface area contributed by atoms with Gasteiger partial charge in [-0.2, -0.15) is 4.98 Å². The van der Waals surface area contributed by atoms with E-state index in [2.05, 4.69) is 19.9 Å². The molecule has 0 radical (unpaired) electrons. The number of hydrogen-bond donors (Lipinski definition) is 4. The number of imidazole rings is 1. The van der Waals surface area contributed by atoms with Crippen molar-refractivity contribution in [3.05, 3.63) is 35.4 Å². The minimum atomic E-state index is -0.791. The van der Waals surface area contributed by atoms with Gasteiger partial charge in [-0.1, -0.05) is 0 Å². The predicted molar refractivity (Wildman–Crippen MR) is 113 cm³/mol. The highest BCUT2D eigenvalue weighted by atomic mass is 16.6. The number of aliphatic hydroxyl groups is 2. The first-order chi connectivity index (χ1) is 15.9. The van der Waals surface area contributed by atoms with Gasteiger partial charge in [0.15, 0.2) is 11.5 Å². The van der Waals surface area contributed by atoms with Crippen LogP contribution in [0.3, 0.4) is 0 Å². The molecular weight excluding hydrogens is 436 g/mol. The van der Waals surface area contributed by atoms with Crippen molar-refractivity contribution in [1.82, 2.24) is 29.1 Å². The number of nitrogens with two attached hydrogens (primary N) is 2. The lowest BCUT2D eigenvalue weighted by atomic mass is 10.1. The van der Waals surface area contributed by atoms with E-state index in [1.165, 1.54) is 23.2 Å². The Hall–Kier alpha value is -3.17. The van der Waals surface area contributed by atoms with Gasteiger partial charge in [0.1, 0.15) is 42.3 Å². The molecule has 3 aromatic rings. The summed E-state index contributed by atoms with van der Waals surface area (Å²) in [6.45, 7) is -0.231. The maximum Gasteiger partial charge on any atom is 0.351 e. The second kappa shape index (κ2) is 8.64. The van der Waals surface area contributed by atoms with Crippen LogP contribution in [-0.4, -0.2) is 76.9 Å². The fourth-order valence-electron chi connectivity index (χ4n) is 4.19. The average Bonchev–Trinajstić information content (AvgIpc) is 3.49. The van der Waals surface area contributed by atoms with Crippen LogP contribution in [0.5, 0.6) is 0 Å². The minimum absolute atomic E-state index is 0.0630. The zero-order valence-corrected chi connectivity index (χ0v) is 17.5. The van der Waals surface area contributed by atoms with Gasteiger partial charge in [-0.3, -0.25) is 9.13 Å². The molecule has 0 spiro atoms. The summed E-state index contributed by atoms with van der Waals surface area (Å²) in [6.07, 6.45) is 1.27. The van der Waals surface area contributed by atoms with E-state index in [1.54, 1.807) is 10.9 Å². The Morgan fingerprint density at radius 3 is 2.70 bits per heavy atom. The Kier molecular flexibility index (Phi) is 5.67. The van der Waals surface area contributed by atoms with Crippen molar-refractivity contribution in [2.24, 2.45) is 0 Å². The SMILES string of the molecule is Nc1ccn([C@H]2C[C@H](OC[C@H]3O[C@@H](n4cnc5c(N)ncnc54)C[C@@H]3O)[C@@H](CO)O2)c(=O)n1. The van der Waals surface area contributed by atoms with Crippen molar-refractivity contribution in [3.8, 4) is 0 Å². The van der Waals surface area contributed by atoms with Crippen molar-refractivity contribution in [2.45, 2.75) is 49.7 Å². The first-order valence-corrected chi connectivity index (χ1v) is 10.4. The number of nitrogen functional groups attached to an aromatic ring is 2. The normalized spacial score (nSPS) is 29.8. The molecule has 3 aromatic heterocycles. The molecule has 0 aromatic carbocycles. The quantitative estimate of drug-likeness (QED) is 0.334. The summed E-state index contributed by atoms with van der Waals surface area (Å²) >= 11 is 0. The Bertz CT molecular complexity index is 1200. The first kappa shape index (κ1) is 21.7. The molecule has 14 nitrogen and oxygen atoms in total. The number of fused-ring (bicyclic) bond motifs is 1. The van der Waals surface area contributed by atoms with Gasteiger partial charge in [0.2, 0.25) is 0 Å². The summed E-state index contributed by atoms with van der Waals surface area (Å²) in [6, 6.07) is 1.49. The van der Waals surface area contributed by atoms with Gasteiger partial charge in [-0.05, 0) is 6.07 Å². The molecule has 33 heavy (non-hydrogen) atoms. The predicted octanol–water partition coefficient (Wildman–Crippen LogP) is -1.44. The fourth-order valence-corrected chi connectivity index (χ4v) is 4.19. The third-order valence-corrected chi connectivity index (χ3v) is 5.90. The van der Waals surface area contributed by atoms with Crippen LogP contribution in [0.2, 0.25) is 0 Å². The first-order valence-electron chi connectivity index (χ1n) is 10.4. The number of rotatable bonds is 6. The molecule has 5 heterocycles. The second-order valence-electron chi connectivity index (χ2n) is 7.98. The van der Waals surface area contributed by atoms with E-state index < -0.39 is 42.6 Å². The van der Waals surface area contributed by atoms with Crippen LogP contribution in [0.15, 0.2) is 29.7 Å². The lowest BCUT2D eigenvalue weighted by molar-refractivity contribution is -0.101. The highest BCUT2D eigenvalue weighted by Gasteiger charge is 2.40. The molecule has 6 atom stereocenters. The largest absolute Gasteiger partial charge is 0.394 e. The van der Waals surface area contributed by atoms with Gasteiger partial charge < -0.3 is 35.9 Å². The van der Waals surface area contributed by atoms with E-state index >= 15 is 0 Å². The standard InChI is InChI=1S/C19H24N8O6/c20-13-1-2-26(19(30)25-13)15-4-10(11(5-28)32-15)31-6-12-9(29)3-14(33-12)27-8-24-16-17(21)22-7-23-18(16)27/h1-2,7-12,14-15,28-29H,3-6H2,(H2,20,25,30)(H2,21,22,23)/t9-,10-,11+,12+,14+,15+/m0/s1. The van der Waals surface area contributed by atoms with E-state index in [-0.39, 0.29) is 24.8 Å². The lowest BCUT2D eigenvalue weighted by Crippen LogP contribution is -2.33. The zero-order valence-electron chi connectivity index (χ0n) is 17.5. The van der Waals surface area contributed by atoms with Gasteiger partial charge in [0.05, 0.1) is 31.7 Å². The summed E-state index contributed by atoms with van der Waals surface area (Å²) in [5.41, 5.74) is 11.8. The number of ether oxygens (including phenoxy) is 3. The Morgan fingerprint density at radius 2 is 1.91 bits per heavy atom. The minimum Gasteiger partial charge on any atom is -0.394 e. The number of nitrogens with zero attached hydrogens (tertiary/aromatic N) is 6. The molecule has 0 bridgehead atoms. The summed E-state index contributed by atoms with van der Waals surface area (Å²) in [5, 5.41) is 20.2. The van der Waals surface area contributed by atoms with Crippen LogP contribution < -0.4 is 17.2 Å². The van der Waals surface area contributed by atoms with E-state index in [0.29, 0.717) is 24.0 Å². The summed E-state index contributed by atoms with van der Waals surface area (Å²) in [5.74, 6) is 0.376. The Labute approximate surface area is 186 Å². The summed E-state index contributed by atoms with van der Waals surface area (Å²) in [7, 11) is 0. The van der Waals surface area contributed by atoms with Gasteiger partial charge in [-0.25, -0.2) is 19.7 Å².